The quantitative estimate of drug-likeness (QED) is 0.918. The summed E-state index contributed by atoms with van der Waals surface area (Å²) in [7, 11) is 1.93. The topological polar surface area (TPSA) is 50.2 Å². The van der Waals surface area contributed by atoms with Crippen molar-refractivity contribution in [3.05, 3.63) is 18.5 Å². The van der Waals surface area contributed by atoms with Crippen LogP contribution in [-0.2, 0) is 11.3 Å². The molecule has 2 heterocycles. The number of carbonyl (C=O) groups excluding carboxylic acids is 1. The highest BCUT2D eigenvalue weighted by molar-refractivity contribution is 5.85. The van der Waals surface area contributed by atoms with Gasteiger partial charge in [-0.05, 0) is 38.4 Å². The van der Waals surface area contributed by atoms with Gasteiger partial charge in [-0.25, -0.2) is 0 Å². The molecule has 0 aromatic carbocycles. The van der Waals surface area contributed by atoms with Gasteiger partial charge < -0.3 is 10.2 Å². The van der Waals surface area contributed by atoms with E-state index in [4.69, 9.17) is 0 Å². The molecule has 0 spiro atoms. The highest BCUT2D eigenvalue weighted by Crippen LogP contribution is 2.12. The summed E-state index contributed by atoms with van der Waals surface area (Å²) in [4.78, 5) is 14.0. The van der Waals surface area contributed by atoms with Crippen LogP contribution in [0, 0.1) is 0 Å². The van der Waals surface area contributed by atoms with Crippen LogP contribution in [0.15, 0.2) is 18.5 Å². The molecule has 1 atom stereocenters. The van der Waals surface area contributed by atoms with Gasteiger partial charge in [0.1, 0.15) is 0 Å². The van der Waals surface area contributed by atoms with Crippen LogP contribution in [0.1, 0.15) is 25.7 Å². The Balaban J connectivity index is 0.00000180. The summed E-state index contributed by atoms with van der Waals surface area (Å²) < 4.78 is 1.81. The third-order valence-electron chi connectivity index (χ3n) is 3.60. The van der Waals surface area contributed by atoms with E-state index in [-0.39, 0.29) is 30.7 Å². The zero-order chi connectivity index (χ0) is 12.8. The van der Waals surface area contributed by atoms with Gasteiger partial charge in [0, 0.05) is 38.4 Å². The van der Waals surface area contributed by atoms with Gasteiger partial charge in [-0.15, -0.1) is 24.8 Å². The molecule has 1 aliphatic heterocycles. The molecule has 0 bridgehead atoms. The fourth-order valence-corrected chi connectivity index (χ4v) is 2.41. The normalized spacial score (nSPS) is 18.4. The molecule has 1 saturated heterocycles. The third kappa shape index (κ3) is 5.69. The molecule has 0 saturated carbocycles. The van der Waals surface area contributed by atoms with E-state index < -0.39 is 0 Å². The smallest absolute Gasteiger partial charge is 0.224 e. The van der Waals surface area contributed by atoms with Crippen LogP contribution in [0.2, 0.25) is 0 Å². The van der Waals surface area contributed by atoms with E-state index in [0.29, 0.717) is 19.0 Å². The molecule has 0 radical (unpaired) electrons. The van der Waals surface area contributed by atoms with Gasteiger partial charge >= 0.3 is 0 Å². The van der Waals surface area contributed by atoms with Crippen LogP contribution in [-0.4, -0.2) is 46.8 Å². The molecular formula is C13H24Cl2N4O. The average molecular weight is 323 g/mol. The zero-order valence-electron chi connectivity index (χ0n) is 11.8. The van der Waals surface area contributed by atoms with E-state index in [1.165, 1.54) is 0 Å². The molecule has 7 heteroatoms. The molecule has 0 aliphatic carbocycles. The van der Waals surface area contributed by atoms with Gasteiger partial charge in [0.25, 0.3) is 0 Å². The second kappa shape index (κ2) is 10.0. The summed E-state index contributed by atoms with van der Waals surface area (Å²) in [5.74, 6) is 0.220. The Hall–Kier alpha value is -0.780. The predicted molar refractivity (Wildman–Crippen MR) is 84.6 cm³/mol. The van der Waals surface area contributed by atoms with Gasteiger partial charge in [0.15, 0.2) is 0 Å². The Morgan fingerprint density at radius 2 is 2.20 bits per heavy atom. The number of rotatable bonds is 4. The SMILES string of the molecule is CN(C(=O)CCn1cccn1)C1CCCNCC1.Cl.Cl. The minimum Gasteiger partial charge on any atom is -0.343 e. The lowest BCUT2D eigenvalue weighted by Crippen LogP contribution is -2.38. The number of carbonyl (C=O) groups is 1. The molecule has 1 N–H and O–H groups in total. The summed E-state index contributed by atoms with van der Waals surface area (Å²) in [6.45, 7) is 2.76. The molecule has 2 rings (SSSR count). The maximum atomic E-state index is 12.1. The predicted octanol–water partition coefficient (Wildman–Crippen LogP) is 1.72. The van der Waals surface area contributed by atoms with E-state index in [0.717, 1.165) is 32.4 Å². The van der Waals surface area contributed by atoms with Crippen LogP contribution in [0.5, 0.6) is 0 Å². The molecule has 1 unspecified atom stereocenters. The van der Waals surface area contributed by atoms with Crippen LogP contribution < -0.4 is 5.32 Å². The molecule has 5 nitrogen and oxygen atoms in total. The molecule has 20 heavy (non-hydrogen) atoms. The van der Waals surface area contributed by atoms with Crippen molar-refractivity contribution in [2.24, 2.45) is 0 Å². The standard InChI is InChI=1S/C13H22N4O.2ClH/c1-16(12-4-2-7-14-9-5-12)13(18)6-11-17-10-3-8-15-17;;/h3,8,10,12,14H,2,4-7,9,11H2,1H3;2*1H. The third-order valence-corrected chi connectivity index (χ3v) is 3.60. The summed E-state index contributed by atoms with van der Waals surface area (Å²) in [5.41, 5.74) is 0. The summed E-state index contributed by atoms with van der Waals surface area (Å²) >= 11 is 0. The lowest BCUT2D eigenvalue weighted by atomic mass is 10.1. The Bertz CT molecular complexity index is 364. The van der Waals surface area contributed by atoms with Crippen molar-refractivity contribution >= 4 is 30.7 Å². The maximum absolute atomic E-state index is 12.1. The van der Waals surface area contributed by atoms with Crippen LogP contribution in [0.25, 0.3) is 0 Å². The summed E-state index contributed by atoms with van der Waals surface area (Å²) in [6.07, 6.45) is 7.48. The van der Waals surface area contributed by atoms with Crippen molar-refractivity contribution in [3.8, 4) is 0 Å². The van der Waals surface area contributed by atoms with Gasteiger partial charge in [0.05, 0.1) is 0 Å². The Labute approximate surface area is 132 Å². The number of aryl methyl sites for hydroxylation is 1. The monoisotopic (exact) mass is 322 g/mol. The van der Waals surface area contributed by atoms with Gasteiger partial charge in [-0.1, -0.05) is 0 Å². The van der Waals surface area contributed by atoms with Crippen molar-refractivity contribution in [1.82, 2.24) is 20.0 Å². The first-order valence-corrected chi connectivity index (χ1v) is 6.71. The van der Waals surface area contributed by atoms with Crippen molar-refractivity contribution < 1.29 is 4.79 Å². The Kier molecular flexibility index (Phi) is 9.63. The van der Waals surface area contributed by atoms with E-state index in [9.17, 15) is 4.79 Å². The maximum Gasteiger partial charge on any atom is 0.224 e. The van der Waals surface area contributed by atoms with Crippen molar-refractivity contribution in [3.63, 3.8) is 0 Å². The summed E-state index contributed by atoms with van der Waals surface area (Å²) in [5, 5.41) is 7.48. The van der Waals surface area contributed by atoms with Crippen LogP contribution in [0.3, 0.4) is 0 Å². The lowest BCUT2D eigenvalue weighted by Gasteiger charge is -2.27. The number of hydrogen-bond acceptors (Lipinski definition) is 3. The summed E-state index contributed by atoms with van der Waals surface area (Å²) in [6, 6.07) is 2.27. The average Bonchev–Trinajstić information content (AvgIpc) is 2.75. The molecular weight excluding hydrogens is 299 g/mol. The lowest BCUT2D eigenvalue weighted by molar-refractivity contribution is -0.132. The fourth-order valence-electron chi connectivity index (χ4n) is 2.41. The Morgan fingerprint density at radius 3 is 2.90 bits per heavy atom. The van der Waals surface area contributed by atoms with E-state index in [1.54, 1.807) is 10.9 Å². The van der Waals surface area contributed by atoms with Crippen molar-refractivity contribution in [2.75, 3.05) is 20.1 Å². The second-order valence-corrected chi connectivity index (χ2v) is 4.86. The van der Waals surface area contributed by atoms with Crippen molar-refractivity contribution in [1.29, 1.82) is 0 Å². The van der Waals surface area contributed by atoms with Gasteiger partial charge in [0.2, 0.25) is 5.91 Å². The van der Waals surface area contributed by atoms with Gasteiger partial charge in [-0.2, -0.15) is 5.10 Å². The second-order valence-electron chi connectivity index (χ2n) is 4.86. The molecule has 1 aromatic heterocycles. The number of aromatic nitrogens is 2. The van der Waals surface area contributed by atoms with Crippen LogP contribution >= 0.6 is 24.8 Å². The molecule has 1 aliphatic rings. The number of hydrogen-bond donors (Lipinski definition) is 1. The number of nitrogens with one attached hydrogen (secondary N) is 1. The van der Waals surface area contributed by atoms with E-state index in [1.807, 2.05) is 24.2 Å². The van der Waals surface area contributed by atoms with E-state index >= 15 is 0 Å². The van der Waals surface area contributed by atoms with Crippen molar-refractivity contribution in [2.45, 2.75) is 38.3 Å². The fraction of sp³-hybridized carbons (Fsp3) is 0.692. The molecule has 1 fully saturated rings. The first-order valence-electron chi connectivity index (χ1n) is 6.71. The highest BCUT2D eigenvalue weighted by atomic mass is 35.5. The molecule has 1 amide bonds. The minimum atomic E-state index is 0. The minimum absolute atomic E-state index is 0. The highest BCUT2D eigenvalue weighted by Gasteiger charge is 2.20. The number of halogens is 2. The Morgan fingerprint density at radius 1 is 1.40 bits per heavy atom. The van der Waals surface area contributed by atoms with E-state index in [2.05, 4.69) is 10.4 Å². The molecule has 116 valence electrons. The van der Waals surface area contributed by atoms with Crippen LogP contribution in [0.4, 0.5) is 0 Å². The first-order chi connectivity index (χ1) is 8.77. The largest absolute Gasteiger partial charge is 0.343 e. The number of amides is 1. The first kappa shape index (κ1) is 19.2. The zero-order valence-corrected chi connectivity index (χ0v) is 13.5. The number of nitrogens with zero attached hydrogens (tertiary/aromatic N) is 3. The van der Waals surface area contributed by atoms with Gasteiger partial charge in [-0.3, -0.25) is 9.48 Å². The molecule has 1 aromatic rings.